The molecular formula is C19H18NO8P. The van der Waals surface area contributed by atoms with Crippen molar-refractivity contribution >= 4 is 25.3 Å². The van der Waals surface area contributed by atoms with E-state index >= 15 is 0 Å². The summed E-state index contributed by atoms with van der Waals surface area (Å²) >= 11 is 0. The molecule has 152 valence electrons. The third kappa shape index (κ3) is 5.03. The number of ether oxygens (including phenoxy) is 2. The molecule has 10 heteroatoms. The van der Waals surface area contributed by atoms with E-state index in [9.17, 15) is 18.9 Å². The summed E-state index contributed by atoms with van der Waals surface area (Å²) in [6.45, 7) is -0.298. The molecule has 29 heavy (non-hydrogen) atoms. The predicted octanol–water partition coefficient (Wildman–Crippen LogP) is 1.55. The molecule has 1 heterocycles. The van der Waals surface area contributed by atoms with Crippen LogP contribution in [0.1, 0.15) is 26.3 Å². The van der Waals surface area contributed by atoms with Crippen LogP contribution in [0.4, 0.5) is 0 Å². The van der Waals surface area contributed by atoms with Crippen molar-refractivity contribution in [2.24, 2.45) is 0 Å². The van der Waals surface area contributed by atoms with E-state index < -0.39 is 44.4 Å². The highest BCUT2D eigenvalue weighted by Gasteiger charge is 2.43. The fraction of sp³-hybridized carbons (Fsp3) is 0.211. The number of fused-ring (bicyclic) bond motifs is 1. The van der Waals surface area contributed by atoms with Gasteiger partial charge in [0.1, 0.15) is 6.35 Å². The number of hydrogen-bond acceptors (Lipinski definition) is 6. The molecule has 0 aliphatic carbocycles. The Labute approximate surface area is 166 Å². The maximum absolute atomic E-state index is 12.8. The molecule has 0 bridgehead atoms. The molecule has 2 aromatic rings. The Bertz CT molecular complexity index is 936. The van der Waals surface area contributed by atoms with Crippen molar-refractivity contribution in [3.8, 4) is 0 Å². The van der Waals surface area contributed by atoms with Crippen LogP contribution in [0.3, 0.4) is 0 Å². The van der Waals surface area contributed by atoms with Gasteiger partial charge in [0.15, 0.2) is 6.10 Å². The maximum Gasteiger partial charge on any atom is 0.351 e. The van der Waals surface area contributed by atoms with Gasteiger partial charge in [0, 0.05) is 0 Å². The van der Waals surface area contributed by atoms with E-state index in [2.05, 4.69) is 0 Å². The van der Waals surface area contributed by atoms with Crippen LogP contribution in [-0.4, -0.2) is 51.5 Å². The van der Waals surface area contributed by atoms with Crippen molar-refractivity contribution in [3.05, 3.63) is 71.3 Å². The van der Waals surface area contributed by atoms with Gasteiger partial charge in [-0.2, -0.15) is 0 Å². The average molecular weight is 419 g/mol. The van der Waals surface area contributed by atoms with Crippen molar-refractivity contribution in [1.29, 1.82) is 0 Å². The van der Waals surface area contributed by atoms with Gasteiger partial charge < -0.3 is 19.3 Å². The Hall–Kier alpha value is -2.68. The summed E-state index contributed by atoms with van der Waals surface area (Å²) in [4.78, 5) is 56.3. The highest BCUT2D eigenvalue weighted by molar-refractivity contribution is 7.51. The van der Waals surface area contributed by atoms with Gasteiger partial charge in [-0.1, -0.05) is 42.5 Å². The first kappa shape index (κ1) is 21.0. The van der Waals surface area contributed by atoms with E-state index in [1.165, 1.54) is 12.1 Å². The van der Waals surface area contributed by atoms with E-state index in [1.54, 1.807) is 36.4 Å². The standard InChI is InChI=1S/C19H18NO8P/c21-17-14-8-4-5-9-15(14)18(22)20(17)19(23)16(28-12-29(24,25)26)11-27-10-13-6-2-1-3-7-13/h1-9,16H,10-12H2,(H2,24,25,26). The quantitative estimate of drug-likeness (QED) is 0.487. The molecule has 1 unspecified atom stereocenters. The first-order valence-electron chi connectivity index (χ1n) is 8.57. The van der Waals surface area contributed by atoms with Gasteiger partial charge >= 0.3 is 7.60 Å². The number of nitrogens with zero attached hydrogens (tertiary/aromatic N) is 1. The normalized spacial score (nSPS) is 14.8. The zero-order valence-corrected chi connectivity index (χ0v) is 16.0. The molecule has 0 aromatic heterocycles. The molecule has 2 aromatic carbocycles. The van der Waals surface area contributed by atoms with E-state index in [0.29, 0.717) is 4.90 Å². The second-order valence-corrected chi connectivity index (χ2v) is 7.87. The van der Waals surface area contributed by atoms with Crippen molar-refractivity contribution in [3.63, 3.8) is 0 Å². The minimum absolute atomic E-state index is 0.0739. The summed E-state index contributed by atoms with van der Waals surface area (Å²) < 4.78 is 21.6. The Balaban J connectivity index is 1.74. The molecule has 1 aliphatic heterocycles. The molecule has 0 radical (unpaired) electrons. The Morgan fingerprint density at radius 1 is 0.966 bits per heavy atom. The van der Waals surface area contributed by atoms with Gasteiger partial charge in [0.2, 0.25) is 0 Å². The smallest absolute Gasteiger partial charge is 0.351 e. The van der Waals surface area contributed by atoms with Crippen molar-refractivity contribution < 1.29 is 38.2 Å². The van der Waals surface area contributed by atoms with E-state index in [-0.39, 0.29) is 17.7 Å². The van der Waals surface area contributed by atoms with Crippen LogP contribution in [0.15, 0.2) is 54.6 Å². The highest BCUT2D eigenvalue weighted by Crippen LogP contribution is 2.35. The lowest BCUT2D eigenvalue weighted by Gasteiger charge is -2.21. The Kier molecular flexibility index (Phi) is 6.36. The van der Waals surface area contributed by atoms with Crippen LogP contribution in [0.2, 0.25) is 0 Å². The number of imide groups is 3. The number of benzene rings is 2. The molecule has 2 N–H and O–H groups in total. The molecule has 0 saturated heterocycles. The fourth-order valence-corrected chi connectivity index (χ4v) is 3.14. The second kappa shape index (κ2) is 8.77. The van der Waals surface area contributed by atoms with Gasteiger partial charge in [-0.3, -0.25) is 18.9 Å². The van der Waals surface area contributed by atoms with Gasteiger partial charge in [-0.05, 0) is 17.7 Å². The van der Waals surface area contributed by atoms with Crippen LogP contribution < -0.4 is 0 Å². The van der Waals surface area contributed by atoms with Crippen LogP contribution in [0.25, 0.3) is 0 Å². The molecular weight excluding hydrogens is 401 g/mol. The molecule has 3 rings (SSSR count). The van der Waals surface area contributed by atoms with Crippen LogP contribution in [-0.2, 0) is 25.4 Å². The molecule has 1 aliphatic rings. The topological polar surface area (TPSA) is 130 Å². The van der Waals surface area contributed by atoms with Gasteiger partial charge in [0.05, 0.1) is 24.3 Å². The Morgan fingerprint density at radius 2 is 1.52 bits per heavy atom. The third-order valence-corrected chi connectivity index (χ3v) is 4.60. The van der Waals surface area contributed by atoms with Gasteiger partial charge in [0.25, 0.3) is 17.7 Å². The predicted molar refractivity (Wildman–Crippen MR) is 99.8 cm³/mol. The monoisotopic (exact) mass is 419 g/mol. The SMILES string of the molecule is O=C1c2ccccc2C(=O)N1C(=O)C(COCc1ccccc1)OCP(=O)(O)O. The fourth-order valence-electron chi connectivity index (χ4n) is 2.77. The maximum atomic E-state index is 12.8. The highest BCUT2D eigenvalue weighted by atomic mass is 31.2. The van der Waals surface area contributed by atoms with Crippen LogP contribution >= 0.6 is 7.60 Å². The minimum Gasteiger partial charge on any atom is -0.374 e. The van der Waals surface area contributed by atoms with Crippen LogP contribution in [0, 0.1) is 0 Å². The number of carbonyl (C=O) groups excluding carboxylic acids is 3. The summed E-state index contributed by atoms with van der Waals surface area (Å²) in [6.07, 6.45) is -2.60. The zero-order chi connectivity index (χ0) is 21.0. The first-order valence-corrected chi connectivity index (χ1v) is 10.4. The summed E-state index contributed by atoms with van der Waals surface area (Å²) in [5.74, 6) is -2.68. The average Bonchev–Trinajstić information content (AvgIpc) is 2.95. The second-order valence-electron chi connectivity index (χ2n) is 6.28. The zero-order valence-electron chi connectivity index (χ0n) is 15.1. The minimum atomic E-state index is -4.59. The lowest BCUT2D eigenvalue weighted by Crippen LogP contribution is -2.45. The summed E-state index contributed by atoms with van der Waals surface area (Å²) in [5, 5.41) is 0. The molecule has 3 amide bonds. The summed E-state index contributed by atoms with van der Waals surface area (Å²) in [5.41, 5.74) is 0.948. The molecule has 0 fully saturated rings. The van der Waals surface area contributed by atoms with Crippen molar-refractivity contribution in [2.45, 2.75) is 12.7 Å². The van der Waals surface area contributed by atoms with E-state index in [0.717, 1.165) is 5.56 Å². The van der Waals surface area contributed by atoms with Gasteiger partial charge in [-0.15, -0.1) is 0 Å². The number of rotatable bonds is 8. The van der Waals surface area contributed by atoms with Crippen LogP contribution in [0.5, 0.6) is 0 Å². The Morgan fingerprint density at radius 3 is 2.07 bits per heavy atom. The van der Waals surface area contributed by atoms with Crippen molar-refractivity contribution in [1.82, 2.24) is 4.90 Å². The lowest BCUT2D eigenvalue weighted by molar-refractivity contribution is -0.141. The number of hydrogen-bond donors (Lipinski definition) is 2. The lowest BCUT2D eigenvalue weighted by atomic mass is 10.1. The third-order valence-electron chi connectivity index (χ3n) is 4.11. The summed E-state index contributed by atoms with van der Waals surface area (Å²) in [6, 6.07) is 14.9. The van der Waals surface area contributed by atoms with Gasteiger partial charge in [-0.25, -0.2) is 4.90 Å². The largest absolute Gasteiger partial charge is 0.374 e. The number of amides is 3. The number of carbonyl (C=O) groups is 3. The van der Waals surface area contributed by atoms with Crippen molar-refractivity contribution in [2.75, 3.05) is 13.0 Å². The summed E-state index contributed by atoms with van der Waals surface area (Å²) in [7, 11) is -4.59. The molecule has 9 nitrogen and oxygen atoms in total. The molecule has 0 spiro atoms. The first-order chi connectivity index (χ1) is 13.8. The van der Waals surface area contributed by atoms with E-state index in [1.807, 2.05) is 6.07 Å². The molecule has 0 saturated carbocycles. The van der Waals surface area contributed by atoms with E-state index in [4.69, 9.17) is 19.3 Å². The molecule has 1 atom stereocenters.